The summed E-state index contributed by atoms with van der Waals surface area (Å²) in [4.78, 5) is 30.9. The third-order valence-corrected chi connectivity index (χ3v) is 5.99. The Morgan fingerprint density at radius 1 is 1.21 bits per heavy atom. The highest BCUT2D eigenvalue weighted by molar-refractivity contribution is 7.92. The molecular weight excluding hydrogens is 396 g/mol. The van der Waals surface area contributed by atoms with E-state index < -0.39 is 21.5 Å². The van der Waals surface area contributed by atoms with Crippen molar-refractivity contribution in [1.29, 1.82) is 0 Å². The van der Waals surface area contributed by atoms with Gasteiger partial charge >= 0.3 is 0 Å². The van der Waals surface area contributed by atoms with Gasteiger partial charge in [-0.3, -0.25) is 18.6 Å². The molecule has 3 aromatic rings. The first-order valence-corrected chi connectivity index (χ1v) is 10.0. The van der Waals surface area contributed by atoms with E-state index in [-0.39, 0.29) is 22.1 Å². The molecule has 0 aliphatic heterocycles. The molecule has 152 valence electrons. The van der Waals surface area contributed by atoms with E-state index in [4.69, 9.17) is 0 Å². The number of aromatic amines is 1. The molecule has 2 heterocycles. The van der Waals surface area contributed by atoms with Gasteiger partial charge in [0.2, 0.25) is 0 Å². The molecule has 0 aliphatic carbocycles. The van der Waals surface area contributed by atoms with Gasteiger partial charge in [0.15, 0.2) is 5.82 Å². The third kappa shape index (κ3) is 4.04. The lowest BCUT2D eigenvalue weighted by Gasteiger charge is -2.21. The Hall–Kier alpha value is -3.47. The van der Waals surface area contributed by atoms with Crippen molar-refractivity contribution >= 4 is 27.6 Å². The number of anilines is 2. The molecule has 3 rings (SSSR count). The fourth-order valence-corrected chi connectivity index (χ4v) is 4.01. The van der Waals surface area contributed by atoms with Crippen LogP contribution in [0.25, 0.3) is 0 Å². The summed E-state index contributed by atoms with van der Waals surface area (Å²) >= 11 is 0. The van der Waals surface area contributed by atoms with Crippen LogP contribution in [0.15, 0.2) is 46.2 Å². The molecule has 0 unspecified atom stereocenters. The Morgan fingerprint density at radius 2 is 1.86 bits per heavy atom. The molecule has 0 saturated carbocycles. The van der Waals surface area contributed by atoms with Crippen LogP contribution in [0.1, 0.15) is 21.7 Å². The van der Waals surface area contributed by atoms with Crippen LogP contribution in [-0.2, 0) is 17.1 Å². The summed E-state index contributed by atoms with van der Waals surface area (Å²) in [5.74, 6) is -0.186. The molecule has 11 heteroatoms. The lowest BCUT2D eigenvalue weighted by molar-refractivity contribution is 0.102. The third-order valence-electron chi connectivity index (χ3n) is 4.23. The maximum atomic E-state index is 13.0. The Labute approximate surface area is 167 Å². The van der Waals surface area contributed by atoms with Crippen molar-refractivity contribution in [3.63, 3.8) is 0 Å². The van der Waals surface area contributed by atoms with Crippen molar-refractivity contribution in [1.82, 2.24) is 19.7 Å². The zero-order valence-corrected chi connectivity index (χ0v) is 17.1. The summed E-state index contributed by atoms with van der Waals surface area (Å²) in [6.07, 6.45) is 1.26. The van der Waals surface area contributed by atoms with Crippen molar-refractivity contribution in [3.05, 3.63) is 63.8 Å². The first kappa shape index (κ1) is 20.3. The van der Waals surface area contributed by atoms with Crippen molar-refractivity contribution in [2.24, 2.45) is 7.05 Å². The number of nitrogens with zero attached hydrogens (tertiary/aromatic N) is 4. The van der Waals surface area contributed by atoms with E-state index in [0.29, 0.717) is 5.82 Å². The quantitative estimate of drug-likeness (QED) is 0.643. The maximum Gasteiger partial charge on any atom is 0.265 e. The molecule has 2 aromatic heterocycles. The van der Waals surface area contributed by atoms with Crippen LogP contribution in [0.3, 0.4) is 0 Å². The van der Waals surface area contributed by atoms with Crippen molar-refractivity contribution in [2.45, 2.75) is 18.7 Å². The van der Waals surface area contributed by atoms with Crippen LogP contribution in [0.5, 0.6) is 0 Å². The van der Waals surface area contributed by atoms with E-state index in [2.05, 4.69) is 20.4 Å². The van der Waals surface area contributed by atoms with Gasteiger partial charge in [-0.1, -0.05) is 17.7 Å². The van der Waals surface area contributed by atoms with E-state index in [1.807, 2.05) is 6.92 Å². The Kier molecular flexibility index (Phi) is 5.25. The number of carbonyl (C=O) groups is 1. The maximum absolute atomic E-state index is 13.0. The van der Waals surface area contributed by atoms with Gasteiger partial charge in [-0.05, 0) is 26.0 Å². The molecule has 2 N–H and O–H groups in total. The van der Waals surface area contributed by atoms with Crippen molar-refractivity contribution < 1.29 is 13.2 Å². The second kappa shape index (κ2) is 7.51. The molecule has 0 radical (unpaired) electrons. The fourth-order valence-electron chi connectivity index (χ4n) is 2.77. The van der Waals surface area contributed by atoms with Gasteiger partial charge in [-0.15, -0.1) is 0 Å². The second-order valence-corrected chi connectivity index (χ2v) is 8.43. The standard InChI is InChI=1S/C18H20N6O4S/c1-11-5-7-13(8-6-11)29(27,28)24(4)18-14(10-19-23(18)3)17(26)22-15-9-16(25)21-12(2)20-15/h5-10H,1-4H3,(H2,20,21,22,25,26). The highest BCUT2D eigenvalue weighted by Crippen LogP contribution is 2.26. The molecule has 0 fully saturated rings. The summed E-state index contributed by atoms with van der Waals surface area (Å²) in [6.45, 7) is 3.43. The minimum absolute atomic E-state index is 0.0189. The number of benzene rings is 1. The van der Waals surface area contributed by atoms with Gasteiger partial charge in [0.1, 0.15) is 17.2 Å². The molecular formula is C18H20N6O4S. The zero-order valence-electron chi connectivity index (χ0n) is 16.3. The molecule has 0 aliphatic rings. The summed E-state index contributed by atoms with van der Waals surface area (Å²) < 4.78 is 28.3. The lowest BCUT2D eigenvalue weighted by atomic mass is 10.2. The highest BCUT2D eigenvalue weighted by Gasteiger charge is 2.28. The number of aryl methyl sites for hydroxylation is 3. The van der Waals surface area contributed by atoms with E-state index in [1.54, 1.807) is 19.1 Å². The number of rotatable bonds is 5. The van der Waals surface area contributed by atoms with E-state index >= 15 is 0 Å². The van der Waals surface area contributed by atoms with Crippen molar-refractivity contribution in [2.75, 3.05) is 16.7 Å². The Balaban J connectivity index is 1.97. The van der Waals surface area contributed by atoms with Gasteiger partial charge in [-0.25, -0.2) is 13.4 Å². The number of hydrogen-bond donors (Lipinski definition) is 2. The molecule has 0 atom stereocenters. The second-order valence-electron chi connectivity index (χ2n) is 6.46. The number of hydrogen-bond acceptors (Lipinski definition) is 6. The molecule has 1 aromatic carbocycles. The van der Waals surface area contributed by atoms with Crippen LogP contribution in [0, 0.1) is 13.8 Å². The van der Waals surface area contributed by atoms with Crippen LogP contribution in [-0.4, -0.2) is 41.1 Å². The fraction of sp³-hybridized carbons (Fsp3) is 0.222. The number of nitrogens with one attached hydrogen (secondary N) is 2. The Bertz CT molecular complexity index is 1230. The summed E-state index contributed by atoms with van der Waals surface area (Å²) in [7, 11) is -1.05. The van der Waals surface area contributed by atoms with Crippen LogP contribution >= 0.6 is 0 Å². The topological polar surface area (TPSA) is 130 Å². The first-order valence-electron chi connectivity index (χ1n) is 8.56. The van der Waals surface area contributed by atoms with Gasteiger partial charge in [0, 0.05) is 20.2 Å². The molecule has 29 heavy (non-hydrogen) atoms. The number of aromatic nitrogens is 4. The number of H-pyrrole nitrogens is 1. The van der Waals surface area contributed by atoms with E-state index in [0.717, 1.165) is 15.9 Å². The minimum Gasteiger partial charge on any atom is -0.311 e. The lowest BCUT2D eigenvalue weighted by Crippen LogP contribution is -2.30. The first-order chi connectivity index (χ1) is 13.6. The smallest absolute Gasteiger partial charge is 0.265 e. The summed E-state index contributed by atoms with van der Waals surface area (Å²) in [5.41, 5.74) is 0.525. The Morgan fingerprint density at radius 3 is 2.48 bits per heavy atom. The number of sulfonamides is 1. The molecule has 0 saturated heterocycles. The highest BCUT2D eigenvalue weighted by atomic mass is 32.2. The van der Waals surface area contributed by atoms with Gasteiger partial charge in [-0.2, -0.15) is 5.10 Å². The molecule has 0 bridgehead atoms. The van der Waals surface area contributed by atoms with Gasteiger partial charge in [0.05, 0.1) is 11.1 Å². The normalized spacial score (nSPS) is 11.3. The molecule has 0 spiro atoms. The average molecular weight is 416 g/mol. The van der Waals surface area contributed by atoms with Crippen LogP contribution in [0.2, 0.25) is 0 Å². The van der Waals surface area contributed by atoms with Crippen LogP contribution < -0.4 is 15.2 Å². The number of amides is 1. The largest absolute Gasteiger partial charge is 0.311 e. The summed E-state index contributed by atoms with van der Waals surface area (Å²) in [5, 5.41) is 6.52. The molecule has 10 nitrogen and oxygen atoms in total. The number of carbonyl (C=O) groups excluding carboxylic acids is 1. The zero-order chi connectivity index (χ0) is 21.3. The molecule has 1 amide bonds. The van der Waals surface area contributed by atoms with Gasteiger partial charge in [0.25, 0.3) is 21.5 Å². The van der Waals surface area contributed by atoms with E-state index in [9.17, 15) is 18.0 Å². The average Bonchev–Trinajstić information content (AvgIpc) is 3.02. The SMILES string of the molecule is Cc1ccc(S(=O)(=O)N(C)c2c(C(=O)Nc3cc(=O)[nH]c(C)n3)cnn2C)cc1. The summed E-state index contributed by atoms with van der Waals surface area (Å²) in [6, 6.07) is 7.52. The van der Waals surface area contributed by atoms with Gasteiger partial charge < -0.3 is 10.3 Å². The van der Waals surface area contributed by atoms with E-state index in [1.165, 1.54) is 37.1 Å². The predicted molar refractivity (Wildman–Crippen MR) is 108 cm³/mol. The monoisotopic (exact) mass is 416 g/mol. The van der Waals surface area contributed by atoms with Crippen LogP contribution in [0.4, 0.5) is 11.6 Å². The minimum atomic E-state index is -3.92. The van der Waals surface area contributed by atoms with Crippen molar-refractivity contribution in [3.8, 4) is 0 Å². The predicted octanol–water partition coefficient (Wildman–Crippen LogP) is 1.20.